The summed E-state index contributed by atoms with van der Waals surface area (Å²) < 4.78 is 0. The van der Waals surface area contributed by atoms with Crippen LogP contribution in [-0.2, 0) is 12.8 Å². The van der Waals surface area contributed by atoms with Gasteiger partial charge in [-0.2, -0.15) is 0 Å². The third kappa shape index (κ3) is 2.42. The van der Waals surface area contributed by atoms with Crippen molar-refractivity contribution in [2.75, 3.05) is 7.05 Å². The first-order valence-electron chi connectivity index (χ1n) is 6.94. The zero-order valence-corrected chi connectivity index (χ0v) is 12.3. The van der Waals surface area contributed by atoms with E-state index in [1.807, 2.05) is 7.05 Å². The van der Waals surface area contributed by atoms with E-state index in [-0.39, 0.29) is 0 Å². The first-order chi connectivity index (χ1) is 9.31. The number of aromatic nitrogens is 2. The molecule has 0 radical (unpaired) electrons. The average Bonchev–Trinajstić information content (AvgIpc) is 3.08. The highest BCUT2D eigenvalue weighted by molar-refractivity contribution is 7.14. The fourth-order valence-corrected chi connectivity index (χ4v) is 3.73. The van der Waals surface area contributed by atoms with Crippen LogP contribution >= 0.6 is 11.3 Å². The van der Waals surface area contributed by atoms with Gasteiger partial charge in [-0.1, -0.05) is 30.4 Å². The third-order valence-corrected chi connectivity index (χ3v) is 4.93. The molecule has 1 atom stereocenters. The summed E-state index contributed by atoms with van der Waals surface area (Å²) in [4.78, 5) is 0. The number of rotatable bonds is 4. The van der Waals surface area contributed by atoms with Gasteiger partial charge in [0.25, 0.3) is 0 Å². The molecule has 2 aromatic rings. The van der Waals surface area contributed by atoms with Gasteiger partial charge in [-0.3, -0.25) is 0 Å². The predicted octanol–water partition coefficient (Wildman–Crippen LogP) is 3.36. The summed E-state index contributed by atoms with van der Waals surface area (Å²) in [5.41, 5.74) is 4.22. The second-order valence-electron chi connectivity index (χ2n) is 5.03. The highest BCUT2D eigenvalue weighted by Gasteiger charge is 2.16. The number of nitrogens with one attached hydrogen (secondary N) is 1. The second kappa shape index (κ2) is 5.39. The van der Waals surface area contributed by atoms with Crippen LogP contribution in [0.25, 0.3) is 10.6 Å². The molecule has 1 aromatic carbocycles. The summed E-state index contributed by atoms with van der Waals surface area (Å²) in [6, 6.07) is 7.07. The Bertz CT molecular complexity index is 573. The lowest BCUT2D eigenvalue weighted by atomic mass is 10.1. The van der Waals surface area contributed by atoms with Crippen molar-refractivity contribution in [1.82, 2.24) is 15.5 Å². The number of fused-ring (bicyclic) bond motifs is 1. The standard InChI is InChI=1S/C15H19N3S/c1-3-13(16-2)15-18-17-14(19-15)12-8-7-10-5-4-6-11(10)9-12/h7-9,13,16H,3-6H2,1-2H3. The highest BCUT2D eigenvalue weighted by Crippen LogP contribution is 2.31. The van der Waals surface area contributed by atoms with Gasteiger partial charge in [-0.15, -0.1) is 10.2 Å². The Kier molecular flexibility index (Phi) is 3.62. The molecule has 1 aliphatic rings. The van der Waals surface area contributed by atoms with E-state index in [2.05, 4.69) is 40.6 Å². The lowest BCUT2D eigenvalue weighted by Crippen LogP contribution is -2.14. The van der Waals surface area contributed by atoms with E-state index in [9.17, 15) is 0 Å². The quantitative estimate of drug-likeness (QED) is 0.928. The third-order valence-electron chi connectivity index (χ3n) is 3.84. The molecule has 4 heteroatoms. The van der Waals surface area contributed by atoms with Gasteiger partial charge in [0, 0.05) is 5.56 Å². The molecule has 3 nitrogen and oxygen atoms in total. The number of hydrogen-bond acceptors (Lipinski definition) is 4. The topological polar surface area (TPSA) is 37.8 Å². The van der Waals surface area contributed by atoms with Crippen molar-refractivity contribution >= 4 is 11.3 Å². The van der Waals surface area contributed by atoms with Crippen molar-refractivity contribution in [2.45, 2.75) is 38.6 Å². The molecule has 1 heterocycles. The lowest BCUT2D eigenvalue weighted by Gasteiger charge is -2.08. The van der Waals surface area contributed by atoms with Gasteiger partial charge in [-0.05, 0) is 49.9 Å². The highest BCUT2D eigenvalue weighted by atomic mass is 32.1. The predicted molar refractivity (Wildman–Crippen MR) is 79.5 cm³/mol. The molecule has 0 saturated carbocycles. The van der Waals surface area contributed by atoms with E-state index in [1.54, 1.807) is 11.3 Å². The van der Waals surface area contributed by atoms with Crippen LogP contribution in [0.2, 0.25) is 0 Å². The molecule has 0 spiro atoms. The maximum atomic E-state index is 4.36. The summed E-state index contributed by atoms with van der Waals surface area (Å²) in [6.45, 7) is 2.16. The van der Waals surface area contributed by atoms with Crippen molar-refractivity contribution in [3.63, 3.8) is 0 Å². The smallest absolute Gasteiger partial charge is 0.147 e. The van der Waals surface area contributed by atoms with Gasteiger partial charge in [0.05, 0.1) is 6.04 Å². The summed E-state index contributed by atoms with van der Waals surface area (Å²) in [6.07, 6.45) is 4.77. The number of nitrogens with zero attached hydrogens (tertiary/aromatic N) is 2. The molecule has 19 heavy (non-hydrogen) atoms. The van der Waals surface area contributed by atoms with Crippen LogP contribution in [0.3, 0.4) is 0 Å². The minimum atomic E-state index is 0.320. The SMILES string of the molecule is CCC(NC)c1nnc(-c2ccc3c(c2)CCC3)s1. The minimum Gasteiger partial charge on any atom is -0.311 e. The van der Waals surface area contributed by atoms with Crippen LogP contribution < -0.4 is 5.32 Å². The normalized spacial score (nSPS) is 15.5. The van der Waals surface area contributed by atoms with Gasteiger partial charge < -0.3 is 5.32 Å². The van der Waals surface area contributed by atoms with Crippen LogP contribution in [0.1, 0.15) is 41.9 Å². The number of hydrogen-bond donors (Lipinski definition) is 1. The van der Waals surface area contributed by atoms with Gasteiger partial charge in [0.15, 0.2) is 0 Å². The molecule has 100 valence electrons. The average molecular weight is 273 g/mol. The summed E-state index contributed by atoms with van der Waals surface area (Å²) in [7, 11) is 1.98. The Morgan fingerprint density at radius 2 is 2.11 bits per heavy atom. The Morgan fingerprint density at radius 1 is 1.26 bits per heavy atom. The Labute approximate surface area is 118 Å². The van der Waals surface area contributed by atoms with Crippen LogP contribution in [0, 0.1) is 0 Å². The van der Waals surface area contributed by atoms with Crippen LogP contribution in [-0.4, -0.2) is 17.2 Å². The van der Waals surface area contributed by atoms with Gasteiger partial charge in [0.1, 0.15) is 10.0 Å². The molecule has 1 unspecified atom stereocenters. The van der Waals surface area contributed by atoms with Crippen LogP contribution in [0.5, 0.6) is 0 Å². The lowest BCUT2D eigenvalue weighted by molar-refractivity contribution is 0.568. The van der Waals surface area contributed by atoms with Crippen molar-refractivity contribution < 1.29 is 0 Å². The second-order valence-corrected chi connectivity index (χ2v) is 6.04. The van der Waals surface area contributed by atoms with E-state index in [0.717, 1.165) is 16.4 Å². The number of benzene rings is 1. The maximum absolute atomic E-state index is 4.36. The number of aryl methyl sites for hydroxylation is 2. The zero-order valence-electron chi connectivity index (χ0n) is 11.4. The van der Waals surface area contributed by atoms with Gasteiger partial charge >= 0.3 is 0 Å². The molecule has 0 aliphatic heterocycles. The molecule has 3 rings (SSSR count). The molecule has 0 bridgehead atoms. The van der Waals surface area contributed by atoms with Crippen LogP contribution in [0.15, 0.2) is 18.2 Å². The maximum Gasteiger partial charge on any atom is 0.147 e. The fraction of sp³-hybridized carbons (Fsp3) is 0.467. The van der Waals surface area contributed by atoms with Gasteiger partial charge in [-0.25, -0.2) is 0 Å². The molecular weight excluding hydrogens is 254 g/mol. The first kappa shape index (κ1) is 12.8. The monoisotopic (exact) mass is 273 g/mol. The molecule has 1 aliphatic carbocycles. The fourth-order valence-electron chi connectivity index (χ4n) is 2.70. The van der Waals surface area contributed by atoms with Crippen molar-refractivity contribution in [3.05, 3.63) is 34.3 Å². The molecule has 1 aromatic heterocycles. The van der Waals surface area contributed by atoms with E-state index in [4.69, 9.17) is 0 Å². The summed E-state index contributed by atoms with van der Waals surface area (Å²) in [5, 5.41) is 14.1. The van der Waals surface area contributed by atoms with E-state index in [1.165, 1.54) is 36.0 Å². The van der Waals surface area contributed by atoms with E-state index < -0.39 is 0 Å². The van der Waals surface area contributed by atoms with Crippen molar-refractivity contribution in [3.8, 4) is 10.6 Å². The molecular formula is C15H19N3S. The van der Waals surface area contributed by atoms with E-state index >= 15 is 0 Å². The van der Waals surface area contributed by atoms with Crippen molar-refractivity contribution in [2.24, 2.45) is 0 Å². The van der Waals surface area contributed by atoms with Crippen molar-refractivity contribution in [1.29, 1.82) is 0 Å². The van der Waals surface area contributed by atoms with Gasteiger partial charge in [0.2, 0.25) is 0 Å². The largest absolute Gasteiger partial charge is 0.311 e. The first-order valence-corrected chi connectivity index (χ1v) is 7.76. The molecule has 0 fully saturated rings. The summed E-state index contributed by atoms with van der Waals surface area (Å²) in [5.74, 6) is 0. The Morgan fingerprint density at radius 3 is 2.89 bits per heavy atom. The zero-order chi connectivity index (χ0) is 13.2. The molecule has 0 amide bonds. The van der Waals surface area contributed by atoms with Crippen LogP contribution in [0.4, 0.5) is 0 Å². The Balaban J connectivity index is 1.90. The molecule has 0 saturated heterocycles. The summed E-state index contributed by atoms with van der Waals surface area (Å²) >= 11 is 1.70. The molecule has 1 N–H and O–H groups in total. The Hall–Kier alpha value is -1.26. The minimum absolute atomic E-state index is 0.320. The van der Waals surface area contributed by atoms with E-state index in [0.29, 0.717) is 6.04 Å².